The van der Waals surface area contributed by atoms with E-state index >= 15 is 0 Å². The van der Waals surface area contributed by atoms with Crippen molar-refractivity contribution in [3.63, 3.8) is 0 Å². The lowest BCUT2D eigenvalue weighted by atomic mass is 9.72. The molecule has 0 heterocycles. The smallest absolute Gasteiger partial charge is 0.0357 e. The summed E-state index contributed by atoms with van der Waals surface area (Å²) < 4.78 is 0. The molecule has 0 spiro atoms. The Labute approximate surface area is 247 Å². The second kappa shape index (κ2) is 15.7. The minimum Gasteiger partial charge on any atom is -0.0983 e. The van der Waals surface area contributed by atoms with Crippen molar-refractivity contribution in [3.8, 4) is 11.8 Å². The van der Waals surface area contributed by atoms with Crippen LogP contribution in [0.25, 0.3) is 0 Å². The fourth-order valence-electron chi connectivity index (χ4n) is 5.45. The maximum absolute atomic E-state index is 3.41. The molecule has 0 fully saturated rings. The fraction of sp³-hybridized carbons (Fsp3) is 0.450. The van der Waals surface area contributed by atoms with E-state index in [4.69, 9.17) is 0 Å². The molecule has 1 atom stereocenters. The molecule has 0 aromatic heterocycles. The normalized spacial score (nSPS) is 21.3. The van der Waals surface area contributed by atoms with Crippen LogP contribution in [0.5, 0.6) is 0 Å². The zero-order valence-corrected chi connectivity index (χ0v) is 27.1. The first-order chi connectivity index (χ1) is 18.8. The predicted molar refractivity (Wildman–Crippen MR) is 180 cm³/mol. The molecule has 214 valence electrons. The third kappa shape index (κ3) is 11.2. The Hall–Kier alpha value is -3.04. The lowest BCUT2D eigenvalue weighted by molar-refractivity contribution is 0.376. The quantitative estimate of drug-likeness (QED) is 0.157. The first-order valence-corrected chi connectivity index (χ1v) is 15.1. The van der Waals surface area contributed by atoms with Crippen molar-refractivity contribution in [2.75, 3.05) is 0 Å². The van der Waals surface area contributed by atoms with Gasteiger partial charge in [0.25, 0.3) is 0 Å². The van der Waals surface area contributed by atoms with Crippen LogP contribution in [0.15, 0.2) is 118 Å². The molecule has 2 aliphatic rings. The van der Waals surface area contributed by atoms with E-state index < -0.39 is 0 Å². The number of hydrogen-bond acceptors (Lipinski definition) is 0. The van der Waals surface area contributed by atoms with Crippen LogP contribution >= 0.6 is 0 Å². The van der Waals surface area contributed by atoms with Gasteiger partial charge in [0.1, 0.15) is 0 Å². The zero-order chi connectivity index (χ0) is 29.8. The van der Waals surface area contributed by atoms with Crippen molar-refractivity contribution >= 4 is 0 Å². The fourth-order valence-corrected chi connectivity index (χ4v) is 5.45. The van der Waals surface area contributed by atoms with Crippen LogP contribution in [0, 0.1) is 28.6 Å². The Morgan fingerprint density at radius 1 is 0.875 bits per heavy atom. The highest BCUT2D eigenvalue weighted by atomic mass is 14.3. The SMILES string of the molecule is CC1=C(/C=C/C(C)=C/C=C/C(C)=C/C=C/C=C(\C)CC#CC(C)/C=C/C2=C(C)CCCC2(C)C)C(C)(C)C=CC1. The van der Waals surface area contributed by atoms with E-state index in [1.54, 1.807) is 5.57 Å². The molecule has 0 amide bonds. The molecule has 40 heavy (non-hydrogen) atoms. The Morgan fingerprint density at radius 3 is 2.25 bits per heavy atom. The molecular weight excluding hydrogens is 480 g/mol. The highest BCUT2D eigenvalue weighted by Gasteiger charge is 2.26. The van der Waals surface area contributed by atoms with E-state index in [-0.39, 0.29) is 16.7 Å². The van der Waals surface area contributed by atoms with Gasteiger partial charge in [-0.15, -0.1) is 0 Å². The molecular formula is C40H54. The summed E-state index contributed by atoms with van der Waals surface area (Å²) in [5.74, 6) is 7.04. The van der Waals surface area contributed by atoms with Crippen LogP contribution < -0.4 is 0 Å². The first-order valence-electron chi connectivity index (χ1n) is 15.1. The summed E-state index contributed by atoms with van der Waals surface area (Å²) in [6, 6.07) is 0. The molecule has 0 aliphatic heterocycles. The molecule has 0 saturated carbocycles. The highest BCUT2D eigenvalue weighted by Crippen LogP contribution is 2.41. The van der Waals surface area contributed by atoms with Gasteiger partial charge in [0.15, 0.2) is 0 Å². The minimum absolute atomic E-state index is 0.110. The van der Waals surface area contributed by atoms with Crippen LogP contribution in [-0.2, 0) is 0 Å². The molecule has 2 rings (SSSR count). The summed E-state index contributed by atoms with van der Waals surface area (Å²) in [6.07, 6.45) is 34.4. The summed E-state index contributed by atoms with van der Waals surface area (Å²) >= 11 is 0. The van der Waals surface area contributed by atoms with Crippen LogP contribution in [0.3, 0.4) is 0 Å². The molecule has 0 nitrogen and oxygen atoms in total. The van der Waals surface area contributed by atoms with Gasteiger partial charge in [-0.1, -0.05) is 146 Å². The molecule has 0 heteroatoms. The van der Waals surface area contributed by atoms with Crippen molar-refractivity contribution in [2.24, 2.45) is 16.7 Å². The predicted octanol–water partition coefficient (Wildman–Crippen LogP) is 11.9. The second-order valence-electron chi connectivity index (χ2n) is 13.0. The summed E-state index contributed by atoms with van der Waals surface area (Å²) in [5.41, 5.74) is 10.1. The Kier molecular flexibility index (Phi) is 13.0. The van der Waals surface area contributed by atoms with Gasteiger partial charge in [-0.05, 0) is 83.8 Å². The Morgan fingerprint density at radius 2 is 1.55 bits per heavy atom. The van der Waals surface area contributed by atoms with Gasteiger partial charge in [0.05, 0.1) is 0 Å². The van der Waals surface area contributed by atoms with Gasteiger partial charge >= 0.3 is 0 Å². The standard InChI is InChI=1S/C40H54/c1-31(19-13-21-33(3)25-27-37-35(5)23-15-29-39(37,7)8)17-11-12-18-32(2)20-14-22-34(4)26-28-38-36(6)24-16-30-40(38,9)10/h11-13,15,17-19,21,25-29,34H,16,20,23-24,30H2,1-10H3/b12-11+,19-13+,27-25+,28-26+,31-17+,32-18+,33-21+. The maximum Gasteiger partial charge on any atom is 0.0357 e. The number of allylic oxidation sites excluding steroid dienone is 20. The average molecular weight is 535 g/mol. The minimum atomic E-state index is 0.110. The zero-order valence-electron chi connectivity index (χ0n) is 27.1. The molecule has 0 bridgehead atoms. The lowest BCUT2D eigenvalue weighted by Gasteiger charge is -2.33. The summed E-state index contributed by atoms with van der Waals surface area (Å²) in [5, 5.41) is 0. The van der Waals surface area contributed by atoms with Crippen LogP contribution in [0.1, 0.15) is 101 Å². The van der Waals surface area contributed by atoms with Crippen molar-refractivity contribution in [3.05, 3.63) is 118 Å². The molecule has 0 aromatic rings. The first kappa shape index (κ1) is 33.2. The van der Waals surface area contributed by atoms with Gasteiger partial charge in [-0.25, -0.2) is 0 Å². The second-order valence-corrected chi connectivity index (χ2v) is 13.0. The van der Waals surface area contributed by atoms with Gasteiger partial charge < -0.3 is 0 Å². The van der Waals surface area contributed by atoms with Crippen molar-refractivity contribution in [2.45, 2.75) is 101 Å². The lowest BCUT2D eigenvalue weighted by Crippen LogP contribution is -2.19. The molecule has 1 unspecified atom stereocenters. The number of hydrogen-bond donors (Lipinski definition) is 0. The van der Waals surface area contributed by atoms with E-state index in [9.17, 15) is 0 Å². The molecule has 0 saturated heterocycles. The van der Waals surface area contributed by atoms with Gasteiger partial charge in [0, 0.05) is 17.8 Å². The van der Waals surface area contributed by atoms with Crippen molar-refractivity contribution in [1.82, 2.24) is 0 Å². The highest BCUT2D eigenvalue weighted by molar-refractivity contribution is 5.41. The third-order valence-electron chi connectivity index (χ3n) is 7.99. The third-order valence-corrected chi connectivity index (χ3v) is 7.99. The van der Waals surface area contributed by atoms with Crippen LogP contribution in [0.4, 0.5) is 0 Å². The van der Waals surface area contributed by atoms with E-state index in [1.807, 2.05) is 0 Å². The van der Waals surface area contributed by atoms with Gasteiger partial charge in [-0.3, -0.25) is 0 Å². The molecule has 2 aliphatic carbocycles. The summed E-state index contributed by atoms with van der Waals surface area (Å²) in [6.45, 7) is 22.5. The van der Waals surface area contributed by atoms with Crippen LogP contribution in [-0.4, -0.2) is 0 Å². The van der Waals surface area contributed by atoms with E-state index in [2.05, 4.69) is 160 Å². The summed E-state index contributed by atoms with van der Waals surface area (Å²) in [4.78, 5) is 0. The van der Waals surface area contributed by atoms with Crippen molar-refractivity contribution < 1.29 is 0 Å². The van der Waals surface area contributed by atoms with Crippen molar-refractivity contribution in [1.29, 1.82) is 0 Å². The van der Waals surface area contributed by atoms with E-state index in [0.29, 0.717) is 0 Å². The summed E-state index contributed by atoms with van der Waals surface area (Å²) in [7, 11) is 0. The van der Waals surface area contributed by atoms with Gasteiger partial charge in [-0.2, -0.15) is 0 Å². The topological polar surface area (TPSA) is 0 Å². The maximum atomic E-state index is 3.41. The molecule has 0 aromatic carbocycles. The van der Waals surface area contributed by atoms with E-state index in [1.165, 1.54) is 52.7 Å². The van der Waals surface area contributed by atoms with E-state index in [0.717, 1.165) is 12.8 Å². The monoisotopic (exact) mass is 534 g/mol. The molecule has 0 N–H and O–H groups in total. The largest absolute Gasteiger partial charge is 0.0983 e. The Balaban J connectivity index is 1.85. The van der Waals surface area contributed by atoms with Gasteiger partial charge in [0.2, 0.25) is 0 Å². The average Bonchev–Trinajstić information content (AvgIpc) is 2.85. The Bertz CT molecular complexity index is 1250. The van der Waals surface area contributed by atoms with Crippen LogP contribution in [0.2, 0.25) is 0 Å². The molecule has 0 radical (unpaired) electrons. The number of rotatable bonds is 9.